The Labute approximate surface area is 100 Å². The number of nitrogens with zero attached hydrogens (tertiary/aromatic N) is 2. The molecule has 0 saturated carbocycles. The Morgan fingerprint density at radius 2 is 2.41 bits per heavy atom. The number of unbranched alkanes of at least 4 members (excludes halogenated alkanes) is 1. The van der Waals surface area contributed by atoms with Gasteiger partial charge in [0.15, 0.2) is 0 Å². The number of pyridine rings is 1. The maximum Gasteiger partial charge on any atom is 0.386 e. The van der Waals surface area contributed by atoms with E-state index < -0.39 is 4.92 Å². The molecule has 0 aliphatic carbocycles. The summed E-state index contributed by atoms with van der Waals surface area (Å²) >= 11 is 0. The van der Waals surface area contributed by atoms with Gasteiger partial charge in [0.1, 0.15) is 11.9 Å². The molecule has 0 bridgehead atoms. The van der Waals surface area contributed by atoms with Gasteiger partial charge >= 0.3 is 5.82 Å². The summed E-state index contributed by atoms with van der Waals surface area (Å²) in [4.78, 5) is 14.0. The quantitative estimate of drug-likeness (QED) is 0.559. The number of nitro groups is 1. The Morgan fingerprint density at radius 3 is 3.00 bits per heavy atom. The second-order valence-electron chi connectivity index (χ2n) is 3.85. The van der Waals surface area contributed by atoms with Gasteiger partial charge in [-0.25, -0.2) is 0 Å². The fraction of sp³-hybridized carbons (Fsp3) is 0.545. The van der Waals surface area contributed by atoms with E-state index in [1.54, 1.807) is 12.1 Å². The van der Waals surface area contributed by atoms with Crippen molar-refractivity contribution < 1.29 is 4.92 Å². The van der Waals surface area contributed by atoms with E-state index in [4.69, 9.17) is 5.73 Å². The minimum absolute atomic E-state index is 0.0536. The summed E-state index contributed by atoms with van der Waals surface area (Å²) in [6.07, 6.45) is 4.43. The number of anilines is 1. The lowest BCUT2D eigenvalue weighted by Gasteiger charge is -2.17. The van der Waals surface area contributed by atoms with Crippen LogP contribution in [0.4, 0.5) is 11.5 Å². The largest absolute Gasteiger partial charge is 0.386 e. The molecule has 6 heteroatoms. The van der Waals surface area contributed by atoms with Crippen LogP contribution in [0.25, 0.3) is 0 Å². The first-order valence-corrected chi connectivity index (χ1v) is 5.75. The lowest BCUT2D eigenvalue weighted by molar-refractivity contribution is -0.388. The van der Waals surface area contributed by atoms with Gasteiger partial charge < -0.3 is 21.2 Å². The van der Waals surface area contributed by atoms with Gasteiger partial charge in [-0.05, 0) is 28.5 Å². The van der Waals surface area contributed by atoms with Crippen LogP contribution >= 0.6 is 0 Å². The molecule has 0 aliphatic rings. The van der Waals surface area contributed by atoms with E-state index in [-0.39, 0.29) is 11.9 Å². The van der Waals surface area contributed by atoms with Crippen LogP contribution in [0.5, 0.6) is 0 Å². The zero-order chi connectivity index (χ0) is 12.7. The summed E-state index contributed by atoms with van der Waals surface area (Å²) in [6, 6.07) is 3.38. The number of hydrogen-bond acceptors (Lipinski definition) is 5. The Kier molecular flexibility index (Phi) is 5.35. The van der Waals surface area contributed by atoms with E-state index >= 15 is 0 Å². The molecule has 3 N–H and O–H groups in total. The Morgan fingerprint density at radius 1 is 1.65 bits per heavy atom. The van der Waals surface area contributed by atoms with Gasteiger partial charge in [-0.15, -0.1) is 0 Å². The molecule has 1 heterocycles. The highest BCUT2D eigenvalue weighted by molar-refractivity contribution is 5.57. The van der Waals surface area contributed by atoms with Gasteiger partial charge in [-0.1, -0.05) is 19.8 Å². The third kappa shape index (κ3) is 3.99. The van der Waals surface area contributed by atoms with Crippen molar-refractivity contribution in [3.63, 3.8) is 0 Å². The normalized spacial score (nSPS) is 12.1. The second-order valence-corrected chi connectivity index (χ2v) is 3.85. The monoisotopic (exact) mass is 238 g/mol. The zero-order valence-corrected chi connectivity index (χ0v) is 9.93. The van der Waals surface area contributed by atoms with Crippen molar-refractivity contribution in [1.29, 1.82) is 0 Å². The lowest BCUT2D eigenvalue weighted by atomic mass is 10.1. The maximum absolute atomic E-state index is 10.8. The van der Waals surface area contributed by atoms with Gasteiger partial charge in [0.05, 0.1) is 0 Å². The fourth-order valence-electron chi connectivity index (χ4n) is 1.57. The van der Waals surface area contributed by atoms with Crippen LogP contribution in [0.3, 0.4) is 0 Å². The van der Waals surface area contributed by atoms with E-state index in [2.05, 4.69) is 17.2 Å². The average molecular weight is 238 g/mol. The van der Waals surface area contributed by atoms with Crippen LogP contribution in [0.15, 0.2) is 18.3 Å². The highest BCUT2D eigenvalue weighted by Gasteiger charge is 2.16. The molecule has 0 amide bonds. The first-order valence-electron chi connectivity index (χ1n) is 5.75. The molecular weight excluding hydrogens is 220 g/mol. The molecule has 1 aromatic rings. The molecule has 0 radical (unpaired) electrons. The lowest BCUT2D eigenvalue weighted by Crippen LogP contribution is -2.29. The highest BCUT2D eigenvalue weighted by atomic mass is 16.6. The van der Waals surface area contributed by atoms with Crippen molar-refractivity contribution in [2.45, 2.75) is 32.2 Å². The van der Waals surface area contributed by atoms with Gasteiger partial charge in [-0.2, -0.15) is 0 Å². The molecule has 0 aliphatic heterocycles. The van der Waals surface area contributed by atoms with Crippen LogP contribution in [0, 0.1) is 10.1 Å². The molecule has 1 atom stereocenters. The van der Waals surface area contributed by atoms with E-state index in [1.165, 1.54) is 6.20 Å². The van der Waals surface area contributed by atoms with E-state index in [1.807, 2.05) is 0 Å². The predicted molar refractivity (Wildman–Crippen MR) is 66.9 cm³/mol. The van der Waals surface area contributed by atoms with Crippen molar-refractivity contribution in [2.75, 3.05) is 11.9 Å². The van der Waals surface area contributed by atoms with Gasteiger partial charge in [0.25, 0.3) is 0 Å². The molecule has 1 rings (SSSR count). The summed E-state index contributed by atoms with van der Waals surface area (Å²) in [6.45, 7) is 2.55. The smallest absolute Gasteiger partial charge is 0.374 e. The summed E-state index contributed by atoms with van der Waals surface area (Å²) in [7, 11) is 0. The van der Waals surface area contributed by atoms with Gasteiger partial charge in [0, 0.05) is 12.6 Å². The highest BCUT2D eigenvalue weighted by Crippen LogP contribution is 2.21. The number of nitrogens with two attached hydrogens (primary N) is 1. The standard InChI is InChI=1S/C11H18N4O2/c1-2-3-5-9(8-12)14-10-6-4-7-13-11(10)15(16)17/h4,6-7,9,14H,2-3,5,8,12H2,1H3. The zero-order valence-electron chi connectivity index (χ0n) is 9.93. The van der Waals surface area contributed by atoms with E-state index in [9.17, 15) is 10.1 Å². The van der Waals surface area contributed by atoms with Crippen molar-refractivity contribution in [3.8, 4) is 0 Å². The van der Waals surface area contributed by atoms with Crippen LogP contribution in [-0.4, -0.2) is 22.5 Å². The summed E-state index contributed by atoms with van der Waals surface area (Å²) < 4.78 is 0. The van der Waals surface area contributed by atoms with E-state index in [0.717, 1.165) is 19.3 Å². The van der Waals surface area contributed by atoms with Crippen LogP contribution in [0.1, 0.15) is 26.2 Å². The molecular formula is C11H18N4O2. The number of rotatable bonds is 7. The number of nitrogens with one attached hydrogen (secondary N) is 1. The van der Waals surface area contributed by atoms with E-state index in [0.29, 0.717) is 12.2 Å². The van der Waals surface area contributed by atoms with Crippen molar-refractivity contribution in [2.24, 2.45) is 5.73 Å². The predicted octanol–water partition coefficient (Wildman–Crippen LogP) is 1.92. The van der Waals surface area contributed by atoms with Crippen LogP contribution in [-0.2, 0) is 0 Å². The summed E-state index contributed by atoms with van der Waals surface area (Å²) in [5, 5.41) is 13.9. The Bertz CT molecular complexity index is 370. The third-order valence-corrected chi connectivity index (χ3v) is 2.51. The molecule has 6 nitrogen and oxygen atoms in total. The summed E-state index contributed by atoms with van der Waals surface area (Å²) in [5.74, 6) is -0.151. The number of hydrogen-bond donors (Lipinski definition) is 2. The molecule has 1 unspecified atom stereocenters. The fourth-order valence-corrected chi connectivity index (χ4v) is 1.57. The first-order chi connectivity index (χ1) is 8.19. The van der Waals surface area contributed by atoms with Crippen LogP contribution in [0.2, 0.25) is 0 Å². The molecule has 1 aromatic heterocycles. The molecule has 0 aromatic carbocycles. The molecule has 94 valence electrons. The summed E-state index contributed by atoms with van der Waals surface area (Å²) in [5.41, 5.74) is 6.07. The molecule has 0 spiro atoms. The second kappa shape index (κ2) is 6.80. The Balaban J connectivity index is 2.75. The van der Waals surface area contributed by atoms with Gasteiger partial charge in [-0.3, -0.25) is 0 Å². The molecule has 0 fully saturated rings. The molecule has 17 heavy (non-hydrogen) atoms. The van der Waals surface area contributed by atoms with Crippen molar-refractivity contribution in [3.05, 3.63) is 28.4 Å². The third-order valence-electron chi connectivity index (χ3n) is 2.51. The average Bonchev–Trinajstić information content (AvgIpc) is 2.34. The van der Waals surface area contributed by atoms with Gasteiger partial charge in [0.2, 0.25) is 0 Å². The minimum atomic E-state index is -0.490. The SMILES string of the molecule is CCCCC(CN)Nc1cccnc1[N+](=O)[O-]. The topological polar surface area (TPSA) is 94.1 Å². The van der Waals surface area contributed by atoms with Crippen LogP contribution < -0.4 is 11.1 Å². The number of aromatic nitrogens is 1. The Hall–Kier alpha value is -1.69. The maximum atomic E-state index is 10.8. The van der Waals surface area contributed by atoms with Crippen molar-refractivity contribution in [1.82, 2.24) is 4.98 Å². The first kappa shape index (κ1) is 13.4. The van der Waals surface area contributed by atoms with Crippen molar-refractivity contribution >= 4 is 11.5 Å². The molecule has 0 saturated heterocycles. The minimum Gasteiger partial charge on any atom is -0.374 e.